The zero-order valence-corrected chi connectivity index (χ0v) is 11.6. The molecule has 0 radical (unpaired) electrons. The maximum absolute atomic E-state index is 12.9. The van der Waals surface area contributed by atoms with Gasteiger partial charge in [-0.15, -0.1) is 0 Å². The predicted octanol–water partition coefficient (Wildman–Crippen LogP) is 2.94. The number of benzene rings is 1. The number of anilines is 1. The molecule has 0 aliphatic carbocycles. The van der Waals surface area contributed by atoms with Crippen molar-refractivity contribution >= 4 is 43.5 Å². The Bertz CT molecular complexity index is 387. The lowest BCUT2D eigenvalue weighted by Gasteiger charge is -2.10. The Hall–Kier alpha value is -0.620. The SMILES string of the molecule is COC(=O)C(Br)CNc1ccc(F)c(Br)c1. The monoisotopic (exact) mass is 353 g/mol. The van der Waals surface area contributed by atoms with Gasteiger partial charge in [-0.05, 0) is 34.1 Å². The number of alkyl halides is 1. The fourth-order valence-corrected chi connectivity index (χ4v) is 1.75. The van der Waals surface area contributed by atoms with Crippen LogP contribution in [0.4, 0.5) is 10.1 Å². The van der Waals surface area contributed by atoms with Gasteiger partial charge in [-0.3, -0.25) is 4.79 Å². The third kappa shape index (κ3) is 3.75. The van der Waals surface area contributed by atoms with Gasteiger partial charge in [0.05, 0.1) is 11.6 Å². The van der Waals surface area contributed by atoms with Crippen molar-refractivity contribution in [3.63, 3.8) is 0 Å². The van der Waals surface area contributed by atoms with Crippen LogP contribution in [0.3, 0.4) is 0 Å². The number of hydrogen-bond donors (Lipinski definition) is 1. The largest absolute Gasteiger partial charge is 0.468 e. The number of ether oxygens (including phenoxy) is 1. The molecule has 0 fully saturated rings. The minimum absolute atomic E-state index is 0.325. The average molecular weight is 355 g/mol. The van der Waals surface area contributed by atoms with Crippen molar-refractivity contribution in [3.05, 3.63) is 28.5 Å². The number of rotatable bonds is 4. The maximum Gasteiger partial charge on any atom is 0.321 e. The second-order valence-electron chi connectivity index (χ2n) is 3.00. The lowest BCUT2D eigenvalue weighted by Crippen LogP contribution is -2.24. The summed E-state index contributed by atoms with van der Waals surface area (Å²) in [6, 6.07) is 4.54. The van der Waals surface area contributed by atoms with E-state index in [0.717, 1.165) is 5.69 Å². The van der Waals surface area contributed by atoms with Crippen molar-refractivity contribution in [3.8, 4) is 0 Å². The molecule has 0 amide bonds. The summed E-state index contributed by atoms with van der Waals surface area (Å²) < 4.78 is 17.8. The molecule has 1 aromatic carbocycles. The Kier molecular flexibility index (Phi) is 5.21. The molecule has 3 nitrogen and oxygen atoms in total. The van der Waals surface area contributed by atoms with Crippen molar-refractivity contribution in [2.45, 2.75) is 4.83 Å². The first-order valence-electron chi connectivity index (χ1n) is 4.45. The topological polar surface area (TPSA) is 38.3 Å². The number of methoxy groups -OCH3 is 1. The highest BCUT2D eigenvalue weighted by molar-refractivity contribution is 9.10. The predicted molar refractivity (Wildman–Crippen MR) is 67.3 cm³/mol. The van der Waals surface area contributed by atoms with Crippen molar-refractivity contribution in [2.24, 2.45) is 0 Å². The second kappa shape index (κ2) is 6.20. The molecule has 88 valence electrons. The van der Waals surface area contributed by atoms with Gasteiger partial charge in [-0.2, -0.15) is 0 Å². The fraction of sp³-hybridized carbons (Fsp3) is 0.300. The maximum atomic E-state index is 12.9. The first kappa shape index (κ1) is 13.4. The lowest BCUT2D eigenvalue weighted by atomic mass is 10.3. The van der Waals surface area contributed by atoms with E-state index in [1.54, 1.807) is 12.1 Å². The summed E-state index contributed by atoms with van der Waals surface area (Å²) in [6.07, 6.45) is 0. The van der Waals surface area contributed by atoms with Gasteiger partial charge in [0.15, 0.2) is 0 Å². The van der Waals surface area contributed by atoms with Crippen LogP contribution in [0.5, 0.6) is 0 Å². The van der Waals surface area contributed by atoms with Crippen LogP contribution in [-0.4, -0.2) is 24.5 Å². The van der Waals surface area contributed by atoms with Crippen LogP contribution in [0.2, 0.25) is 0 Å². The summed E-state index contributed by atoms with van der Waals surface area (Å²) in [4.78, 5) is 10.6. The minimum atomic E-state index is -0.429. The molecule has 0 saturated heterocycles. The summed E-state index contributed by atoms with van der Waals surface area (Å²) in [7, 11) is 1.32. The van der Waals surface area contributed by atoms with Gasteiger partial charge in [0.25, 0.3) is 0 Å². The smallest absolute Gasteiger partial charge is 0.321 e. The van der Waals surface area contributed by atoms with Crippen LogP contribution < -0.4 is 5.32 Å². The van der Waals surface area contributed by atoms with E-state index in [1.165, 1.54) is 13.2 Å². The molecule has 0 heterocycles. The molecule has 1 aromatic rings. The summed E-state index contributed by atoms with van der Waals surface area (Å²) in [5, 5.41) is 2.98. The highest BCUT2D eigenvalue weighted by atomic mass is 79.9. The molecular formula is C10H10Br2FNO2. The van der Waals surface area contributed by atoms with E-state index >= 15 is 0 Å². The van der Waals surface area contributed by atoms with E-state index in [2.05, 4.69) is 41.9 Å². The third-order valence-electron chi connectivity index (χ3n) is 1.86. The number of esters is 1. The average Bonchev–Trinajstić information content (AvgIpc) is 2.29. The number of carbonyl (C=O) groups is 1. The Balaban J connectivity index is 2.55. The van der Waals surface area contributed by atoms with E-state index in [-0.39, 0.29) is 11.8 Å². The van der Waals surface area contributed by atoms with Gasteiger partial charge in [0.2, 0.25) is 0 Å². The molecule has 16 heavy (non-hydrogen) atoms. The van der Waals surface area contributed by atoms with E-state index in [1.807, 2.05) is 0 Å². The van der Waals surface area contributed by atoms with E-state index in [4.69, 9.17) is 0 Å². The molecule has 1 N–H and O–H groups in total. The van der Waals surface area contributed by atoms with E-state index in [9.17, 15) is 9.18 Å². The molecule has 0 aliphatic rings. The molecule has 0 saturated carbocycles. The van der Waals surface area contributed by atoms with Crippen molar-refractivity contribution in [1.29, 1.82) is 0 Å². The zero-order valence-electron chi connectivity index (χ0n) is 8.47. The summed E-state index contributed by atoms with van der Waals surface area (Å²) in [5.74, 6) is -0.678. The van der Waals surface area contributed by atoms with Crippen molar-refractivity contribution in [2.75, 3.05) is 19.0 Å². The molecule has 0 aliphatic heterocycles. The number of nitrogens with one attached hydrogen (secondary N) is 1. The van der Waals surface area contributed by atoms with Gasteiger partial charge < -0.3 is 10.1 Å². The first-order chi connectivity index (χ1) is 7.54. The van der Waals surface area contributed by atoms with Crippen LogP contribution in [0.15, 0.2) is 22.7 Å². The van der Waals surface area contributed by atoms with Crippen molar-refractivity contribution in [1.82, 2.24) is 0 Å². The highest BCUT2D eigenvalue weighted by Gasteiger charge is 2.14. The molecule has 1 rings (SSSR count). The highest BCUT2D eigenvalue weighted by Crippen LogP contribution is 2.20. The van der Waals surface area contributed by atoms with Crippen LogP contribution in [0.1, 0.15) is 0 Å². The van der Waals surface area contributed by atoms with Gasteiger partial charge in [0.1, 0.15) is 10.6 Å². The summed E-state index contributed by atoms with van der Waals surface area (Å²) >= 11 is 6.25. The fourth-order valence-electron chi connectivity index (χ4n) is 1.02. The van der Waals surface area contributed by atoms with Gasteiger partial charge >= 0.3 is 5.97 Å². The standard InChI is InChI=1S/C10H10Br2FNO2/c1-16-10(15)8(12)5-14-6-2-3-9(13)7(11)4-6/h2-4,8,14H,5H2,1H3. The van der Waals surface area contributed by atoms with E-state index in [0.29, 0.717) is 11.0 Å². The molecule has 0 bridgehead atoms. The van der Waals surface area contributed by atoms with Crippen LogP contribution in [0.25, 0.3) is 0 Å². The first-order valence-corrected chi connectivity index (χ1v) is 6.16. The van der Waals surface area contributed by atoms with Gasteiger partial charge in [0, 0.05) is 12.2 Å². The molecule has 1 atom stereocenters. The molecule has 1 unspecified atom stereocenters. The number of hydrogen-bond acceptors (Lipinski definition) is 3. The van der Waals surface area contributed by atoms with Gasteiger partial charge in [-0.1, -0.05) is 15.9 Å². The van der Waals surface area contributed by atoms with Gasteiger partial charge in [-0.25, -0.2) is 4.39 Å². The minimum Gasteiger partial charge on any atom is -0.468 e. The van der Waals surface area contributed by atoms with Crippen LogP contribution >= 0.6 is 31.9 Å². The normalized spacial score (nSPS) is 12.0. The quantitative estimate of drug-likeness (QED) is 0.667. The Morgan fingerprint density at radius 2 is 2.31 bits per heavy atom. The Labute approximate surface area is 110 Å². The molecule has 0 aromatic heterocycles. The van der Waals surface area contributed by atoms with Crippen LogP contribution in [0, 0.1) is 5.82 Å². The Morgan fingerprint density at radius 1 is 1.62 bits per heavy atom. The van der Waals surface area contributed by atoms with E-state index < -0.39 is 4.83 Å². The number of carbonyl (C=O) groups excluding carboxylic acids is 1. The van der Waals surface area contributed by atoms with Crippen molar-refractivity contribution < 1.29 is 13.9 Å². The summed E-state index contributed by atoms with van der Waals surface area (Å²) in [5.41, 5.74) is 0.724. The third-order valence-corrected chi connectivity index (χ3v) is 3.17. The molecule has 6 heteroatoms. The molecular weight excluding hydrogens is 345 g/mol. The Morgan fingerprint density at radius 3 is 2.88 bits per heavy atom. The molecule has 0 spiro atoms. The van der Waals surface area contributed by atoms with Crippen LogP contribution in [-0.2, 0) is 9.53 Å². The second-order valence-corrected chi connectivity index (χ2v) is 4.96. The number of halogens is 3. The zero-order chi connectivity index (χ0) is 12.1. The summed E-state index contributed by atoms with van der Waals surface area (Å²) in [6.45, 7) is 0.366. The lowest BCUT2D eigenvalue weighted by molar-refractivity contribution is -0.139.